The van der Waals surface area contributed by atoms with Gasteiger partial charge in [0.15, 0.2) is 0 Å². The molecule has 1 aliphatic heterocycles. The van der Waals surface area contributed by atoms with Crippen LogP contribution in [-0.4, -0.2) is 61.5 Å². The molecule has 0 aliphatic carbocycles. The van der Waals surface area contributed by atoms with Crippen LogP contribution in [0.5, 0.6) is 0 Å². The molecule has 4 heteroatoms. The van der Waals surface area contributed by atoms with E-state index in [1.165, 1.54) is 0 Å². The predicted octanol–water partition coefficient (Wildman–Crippen LogP) is 0.785. The van der Waals surface area contributed by atoms with Gasteiger partial charge in [0, 0.05) is 26.2 Å². The molecule has 1 atom stereocenters. The fourth-order valence-corrected chi connectivity index (χ4v) is 1.99. The summed E-state index contributed by atoms with van der Waals surface area (Å²) in [6.45, 7) is 11.0. The van der Waals surface area contributed by atoms with Crippen LogP contribution < -0.4 is 5.32 Å². The Morgan fingerprint density at radius 2 is 1.88 bits per heavy atom. The van der Waals surface area contributed by atoms with Crippen molar-refractivity contribution < 1.29 is 4.79 Å². The number of piperazine rings is 1. The van der Waals surface area contributed by atoms with Gasteiger partial charge in [-0.05, 0) is 32.9 Å². The summed E-state index contributed by atoms with van der Waals surface area (Å²) in [6, 6.07) is 0.00634. The molecule has 1 rings (SSSR count). The van der Waals surface area contributed by atoms with Crippen molar-refractivity contribution in [1.29, 1.82) is 0 Å². The van der Waals surface area contributed by atoms with Gasteiger partial charge in [0.1, 0.15) is 0 Å². The first-order valence-corrected chi connectivity index (χ1v) is 6.72. The molecular weight excluding hydrogens is 214 g/mol. The zero-order chi connectivity index (χ0) is 12.8. The minimum absolute atomic E-state index is 0.00634. The van der Waals surface area contributed by atoms with Crippen LogP contribution in [-0.2, 0) is 4.79 Å². The Hall–Kier alpha value is -0.610. The lowest BCUT2D eigenvalue weighted by atomic mass is 10.1. The Morgan fingerprint density at radius 3 is 2.41 bits per heavy atom. The molecule has 0 aromatic carbocycles. The van der Waals surface area contributed by atoms with E-state index in [1.54, 1.807) is 0 Å². The fraction of sp³-hybridized carbons (Fsp3) is 0.923. The monoisotopic (exact) mass is 241 g/mol. The van der Waals surface area contributed by atoms with Gasteiger partial charge >= 0.3 is 0 Å². The minimum atomic E-state index is 0.00634. The number of carbonyl (C=O) groups is 1. The lowest BCUT2D eigenvalue weighted by Gasteiger charge is -2.33. The Labute approximate surface area is 105 Å². The summed E-state index contributed by atoms with van der Waals surface area (Å²) in [5.74, 6) is 0.969. The summed E-state index contributed by atoms with van der Waals surface area (Å²) >= 11 is 0. The highest BCUT2D eigenvalue weighted by molar-refractivity contribution is 5.81. The molecule has 0 aromatic heterocycles. The molecule has 0 saturated carbocycles. The predicted molar refractivity (Wildman–Crippen MR) is 71.0 cm³/mol. The quantitative estimate of drug-likeness (QED) is 0.773. The van der Waals surface area contributed by atoms with Crippen molar-refractivity contribution in [3.05, 3.63) is 0 Å². The highest BCUT2D eigenvalue weighted by Crippen LogP contribution is 2.07. The molecule has 1 N–H and O–H groups in total. The van der Waals surface area contributed by atoms with Gasteiger partial charge in [-0.2, -0.15) is 0 Å². The molecule has 0 bridgehead atoms. The van der Waals surface area contributed by atoms with E-state index in [0.29, 0.717) is 5.92 Å². The van der Waals surface area contributed by atoms with Crippen LogP contribution in [0.3, 0.4) is 0 Å². The van der Waals surface area contributed by atoms with Gasteiger partial charge in [-0.25, -0.2) is 0 Å². The molecular formula is C13H27N3O. The van der Waals surface area contributed by atoms with Crippen LogP contribution in [0.25, 0.3) is 0 Å². The van der Waals surface area contributed by atoms with Crippen molar-refractivity contribution in [2.45, 2.75) is 33.2 Å². The van der Waals surface area contributed by atoms with Gasteiger partial charge in [-0.15, -0.1) is 0 Å². The number of likely N-dealkylation sites (N-methyl/N-ethyl adjacent to an activating group) is 1. The SMILES string of the molecule is CC(C)CCN(C)C(C)C(=O)N1CCNCC1. The van der Waals surface area contributed by atoms with E-state index >= 15 is 0 Å². The second kappa shape index (κ2) is 6.97. The van der Waals surface area contributed by atoms with Crippen molar-refractivity contribution in [2.24, 2.45) is 5.92 Å². The standard InChI is InChI=1S/C13H27N3O/c1-11(2)5-8-15(4)12(3)13(17)16-9-6-14-7-10-16/h11-12,14H,5-10H2,1-4H3. The molecule has 1 unspecified atom stereocenters. The average molecular weight is 241 g/mol. The second-order valence-corrected chi connectivity index (χ2v) is 5.41. The van der Waals surface area contributed by atoms with Crippen LogP contribution in [0.15, 0.2) is 0 Å². The van der Waals surface area contributed by atoms with Gasteiger partial charge in [0.2, 0.25) is 5.91 Å². The summed E-state index contributed by atoms with van der Waals surface area (Å²) in [7, 11) is 2.05. The van der Waals surface area contributed by atoms with Gasteiger partial charge in [0.05, 0.1) is 6.04 Å². The third-order valence-corrected chi connectivity index (χ3v) is 3.51. The van der Waals surface area contributed by atoms with Crippen molar-refractivity contribution in [1.82, 2.24) is 15.1 Å². The van der Waals surface area contributed by atoms with Gasteiger partial charge in [-0.1, -0.05) is 13.8 Å². The van der Waals surface area contributed by atoms with Crippen molar-refractivity contribution in [3.8, 4) is 0 Å². The van der Waals surface area contributed by atoms with E-state index < -0.39 is 0 Å². The maximum absolute atomic E-state index is 12.2. The third kappa shape index (κ3) is 4.64. The minimum Gasteiger partial charge on any atom is -0.339 e. The third-order valence-electron chi connectivity index (χ3n) is 3.51. The lowest BCUT2D eigenvalue weighted by molar-refractivity contribution is -0.136. The number of nitrogens with zero attached hydrogens (tertiary/aromatic N) is 2. The maximum Gasteiger partial charge on any atom is 0.239 e. The summed E-state index contributed by atoms with van der Waals surface area (Å²) < 4.78 is 0. The van der Waals surface area contributed by atoms with Crippen LogP contribution in [0, 0.1) is 5.92 Å². The fourth-order valence-electron chi connectivity index (χ4n) is 1.99. The summed E-state index contributed by atoms with van der Waals surface area (Å²) in [5, 5.41) is 3.27. The Bertz CT molecular complexity index is 237. The smallest absolute Gasteiger partial charge is 0.239 e. The molecule has 1 heterocycles. The average Bonchev–Trinajstić information content (AvgIpc) is 2.35. The van der Waals surface area contributed by atoms with Crippen molar-refractivity contribution >= 4 is 5.91 Å². The van der Waals surface area contributed by atoms with Gasteiger partial charge in [-0.3, -0.25) is 9.69 Å². The molecule has 0 aromatic rings. The second-order valence-electron chi connectivity index (χ2n) is 5.41. The van der Waals surface area contributed by atoms with Gasteiger partial charge in [0.25, 0.3) is 0 Å². The van der Waals surface area contributed by atoms with E-state index in [0.717, 1.165) is 39.1 Å². The molecule has 1 aliphatic rings. The van der Waals surface area contributed by atoms with Crippen LogP contribution in [0.2, 0.25) is 0 Å². The molecule has 100 valence electrons. The van der Waals surface area contributed by atoms with E-state index in [9.17, 15) is 4.79 Å². The van der Waals surface area contributed by atoms with Crippen LogP contribution in [0.4, 0.5) is 0 Å². The topological polar surface area (TPSA) is 35.6 Å². The molecule has 0 spiro atoms. The molecule has 0 radical (unpaired) electrons. The van der Waals surface area contributed by atoms with E-state index in [-0.39, 0.29) is 11.9 Å². The van der Waals surface area contributed by atoms with E-state index in [4.69, 9.17) is 0 Å². The largest absolute Gasteiger partial charge is 0.339 e. The highest BCUT2D eigenvalue weighted by atomic mass is 16.2. The Kier molecular flexibility index (Phi) is 5.92. The number of amides is 1. The van der Waals surface area contributed by atoms with Crippen molar-refractivity contribution in [3.63, 3.8) is 0 Å². The number of nitrogens with one attached hydrogen (secondary N) is 1. The van der Waals surface area contributed by atoms with Crippen LogP contribution >= 0.6 is 0 Å². The number of hydrogen-bond donors (Lipinski definition) is 1. The molecule has 1 amide bonds. The molecule has 4 nitrogen and oxygen atoms in total. The van der Waals surface area contributed by atoms with E-state index in [1.807, 2.05) is 18.9 Å². The summed E-state index contributed by atoms with van der Waals surface area (Å²) in [4.78, 5) is 16.4. The van der Waals surface area contributed by atoms with Crippen molar-refractivity contribution in [2.75, 3.05) is 39.8 Å². The first-order valence-electron chi connectivity index (χ1n) is 6.72. The Balaban J connectivity index is 2.38. The first-order chi connectivity index (χ1) is 8.02. The summed E-state index contributed by atoms with van der Waals surface area (Å²) in [5.41, 5.74) is 0. The lowest BCUT2D eigenvalue weighted by Crippen LogP contribution is -2.52. The normalized spacial score (nSPS) is 18.8. The number of hydrogen-bond acceptors (Lipinski definition) is 3. The number of rotatable bonds is 5. The zero-order valence-electron chi connectivity index (χ0n) is 11.7. The van der Waals surface area contributed by atoms with E-state index in [2.05, 4.69) is 24.1 Å². The molecule has 1 saturated heterocycles. The Morgan fingerprint density at radius 1 is 1.29 bits per heavy atom. The molecule has 17 heavy (non-hydrogen) atoms. The zero-order valence-corrected chi connectivity index (χ0v) is 11.7. The van der Waals surface area contributed by atoms with Crippen LogP contribution in [0.1, 0.15) is 27.2 Å². The summed E-state index contributed by atoms with van der Waals surface area (Å²) in [6.07, 6.45) is 1.15. The maximum atomic E-state index is 12.2. The highest BCUT2D eigenvalue weighted by Gasteiger charge is 2.24. The first kappa shape index (κ1) is 14.5. The molecule has 1 fully saturated rings. The van der Waals surface area contributed by atoms with Gasteiger partial charge < -0.3 is 10.2 Å². The number of carbonyl (C=O) groups excluding carboxylic acids is 1.